The number of nitrogens with one attached hydrogen (secondary N) is 1. The number of aromatic nitrogens is 5. The van der Waals surface area contributed by atoms with Gasteiger partial charge in [-0.15, -0.1) is 0 Å². The molecule has 1 amide bonds. The van der Waals surface area contributed by atoms with Gasteiger partial charge in [-0.1, -0.05) is 42.0 Å². The molecule has 0 radical (unpaired) electrons. The lowest BCUT2D eigenvalue weighted by molar-refractivity contribution is 0.102. The zero-order chi connectivity index (χ0) is 22.8. The van der Waals surface area contributed by atoms with Gasteiger partial charge in [0.15, 0.2) is 5.65 Å². The minimum absolute atomic E-state index is 0.292. The number of carbonyl (C=O) groups excluding carboxylic acids is 1. The Morgan fingerprint density at radius 3 is 2.73 bits per heavy atom. The summed E-state index contributed by atoms with van der Waals surface area (Å²) in [6, 6.07) is 17.8. The van der Waals surface area contributed by atoms with Crippen molar-refractivity contribution in [3.8, 4) is 17.0 Å². The van der Waals surface area contributed by atoms with Crippen LogP contribution in [0.4, 0.5) is 5.69 Å². The smallest absolute Gasteiger partial charge is 0.261 e. The first kappa shape index (κ1) is 20.4. The summed E-state index contributed by atoms with van der Waals surface area (Å²) >= 11 is 0. The van der Waals surface area contributed by atoms with Crippen LogP contribution in [0.3, 0.4) is 0 Å². The second-order valence-corrected chi connectivity index (χ2v) is 7.72. The fourth-order valence-corrected chi connectivity index (χ4v) is 3.67. The molecule has 0 spiro atoms. The molecule has 0 saturated heterocycles. The van der Waals surface area contributed by atoms with E-state index in [2.05, 4.69) is 20.5 Å². The van der Waals surface area contributed by atoms with E-state index in [1.807, 2.05) is 61.5 Å². The topological polar surface area (TPSA) is 86.3 Å². The number of ether oxygens (including phenoxy) is 1. The number of amides is 1. The van der Waals surface area contributed by atoms with Crippen LogP contribution in [0.15, 0.2) is 79.4 Å². The third-order valence-electron chi connectivity index (χ3n) is 5.36. The highest BCUT2D eigenvalue weighted by molar-refractivity contribution is 6.08. The Labute approximate surface area is 190 Å². The highest BCUT2D eigenvalue weighted by atomic mass is 16.5. The normalized spacial score (nSPS) is 11.0. The average molecular weight is 438 g/mol. The number of carbonyl (C=O) groups is 1. The molecule has 5 rings (SSSR count). The summed E-state index contributed by atoms with van der Waals surface area (Å²) in [5, 5.41) is 11.7. The van der Waals surface area contributed by atoms with Crippen molar-refractivity contribution in [3.05, 3.63) is 96.1 Å². The van der Waals surface area contributed by atoms with Crippen LogP contribution in [-0.4, -0.2) is 37.4 Å². The van der Waals surface area contributed by atoms with E-state index in [1.54, 1.807) is 34.9 Å². The number of rotatable bonds is 6. The number of fused-ring (bicyclic) bond motifs is 1. The number of hydrogen-bond donors (Lipinski definition) is 1. The van der Waals surface area contributed by atoms with E-state index in [9.17, 15) is 4.79 Å². The molecule has 164 valence electrons. The van der Waals surface area contributed by atoms with Crippen molar-refractivity contribution in [2.45, 2.75) is 13.5 Å². The van der Waals surface area contributed by atoms with Gasteiger partial charge in [-0.25, -0.2) is 9.50 Å². The van der Waals surface area contributed by atoms with Crippen LogP contribution in [0.1, 0.15) is 21.5 Å². The minimum atomic E-state index is -0.292. The van der Waals surface area contributed by atoms with Crippen LogP contribution in [0.25, 0.3) is 16.9 Å². The quantitative estimate of drug-likeness (QED) is 0.429. The Morgan fingerprint density at radius 1 is 1.06 bits per heavy atom. The van der Waals surface area contributed by atoms with Crippen molar-refractivity contribution in [2.75, 3.05) is 12.4 Å². The molecule has 0 atom stereocenters. The van der Waals surface area contributed by atoms with Crippen LogP contribution in [0.2, 0.25) is 0 Å². The van der Waals surface area contributed by atoms with Gasteiger partial charge in [0.2, 0.25) is 0 Å². The molecular formula is C25H22N6O2. The van der Waals surface area contributed by atoms with Gasteiger partial charge in [-0.2, -0.15) is 10.2 Å². The summed E-state index contributed by atoms with van der Waals surface area (Å²) in [6.45, 7) is 2.60. The summed E-state index contributed by atoms with van der Waals surface area (Å²) in [4.78, 5) is 17.4. The number of methoxy groups -OCH3 is 1. The van der Waals surface area contributed by atoms with Crippen molar-refractivity contribution in [1.29, 1.82) is 0 Å². The minimum Gasteiger partial charge on any atom is -0.497 e. The van der Waals surface area contributed by atoms with Crippen LogP contribution >= 0.6 is 0 Å². The Balaban J connectivity index is 1.36. The first-order chi connectivity index (χ1) is 16.1. The van der Waals surface area contributed by atoms with Crippen molar-refractivity contribution < 1.29 is 9.53 Å². The molecule has 0 aliphatic heterocycles. The van der Waals surface area contributed by atoms with Gasteiger partial charge >= 0.3 is 0 Å². The monoisotopic (exact) mass is 438 g/mol. The zero-order valence-electron chi connectivity index (χ0n) is 18.3. The highest BCUT2D eigenvalue weighted by Crippen LogP contribution is 2.22. The van der Waals surface area contributed by atoms with Crippen molar-refractivity contribution in [3.63, 3.8) is 0 Å². The average Bonchev–Trinajstić information content (AvgIpc) is 3.46. The molecule has 3 heterocycles. The maximum absolute atomic E-state index is 13.0. The van der Waals surface area contributed by atoms with Gasteiger partial charge in [-0.05, 0) is 30.7 Å². The van der Waals surface area contributed by atoms with E-state index in [0.29, 0.717) is 23.4 Å². The SMILES string of the molecule is COc1cccc(Cn2cc(NC(=O)c3cnn4c(-c5ccc(C)cc5)ccnc34)cn2)c1. The number of nitrogens with zero attached hydrogens (tertiary/aromatic N) is 5. The van der Waals surface area contributed by atoms with Crippen LogP contribution in [-0.2, 0) is 6.54 Å². The van der Waals surface area contributed by atoms with E-state index in [0.717, 1.165) is 22.6 Å². The highest BCUT2D eigenvalue weighted by Gasteiger charge is 2.17. The predicted molar refractivity (Wildman–Crippen MR) is 125 cm³/mol. The third kappa shape index (κ3) is 4.18. The fourth-order valence-electron chi connectivity index (χ4n) is 3.67. The molecule has 0 aliphatic rings. The molecule has 0 bridgehead atoms. The molecule has 0 fully saturated rings. The van der Waals surface area contributed by atoms with E-state index in [4.69, 9.17) is 4.74 Å². The third-order valence-corrected chi connectivity index (χ3v) is 5.36. The first-order valence-corrected chi connectivity index (χ1v) is 10.5. The Morgan fingerprint density at radius 2 is 1.91 bits per heavy atom. The van der Waals surface area contributed by atoms with E-state index in [-0.39, 0.29) is 5.91 Å². The maximum Gasteiger partial charge on any atom is 0.261 e. The van der Waals surface area contributed by atoms with Gasteiger partial charge in [-0.3, -0.25) is 9.48 Å². The lowest BCUT2D eigenvalue weighted by Crippen LogP contribution is -2.11. The lowest BCUT2D eigenvalue weighted by atomic mass is 10.1. The van der Waals surface area contributed by atoms with Gasteiger partial charge in [0.05, 0.1) is 37.4 Å². The van der Waals surface area contributed by atoms with Crippen molar-refractivity contribution in [2.24, 2.45) is 0 Å². The van der Waals surface area contributed by atoms with E-state index < -0.39 is 0 Å². The Bertz CT molecular complexity index is 1440. The largest absolute Gasteiger partial charge is 0.497 e. The summed E-state index contributed by atoms with van der Waals surface area (Å²) in [5.41, 5.74) is 5.57. The molecule has 3 aromatic heterocycles. The molecule has 8 nitrogen and oxygen atoms in total. The molecule has 2 aromatic carbocycles. The van der Waals surface area contributed by atoms with E-state index >= 15 is 0 Å². The number of anilines is 1. The first-order valence-electron chi connectivity index (χ1n) is 10.5. The molecule has 1 N–H and O–H groups in total. The molecule has 0 aliphatic carbocycles. The number of benzene rings is 2. The second-order valence-electron chi connectivity index (χ2n) is 7.72. The summed E-state index contributed by atoms with van der Waals surface area (Å²) in [7, 11) is 1.64. The van der Waals surface area contributed by atoms with E-state index in [1.165, 1.54) is 11.8 Å². The second kappa shape index (κ2) is 8.58. The van der Waals surface area contributed by atoms with Gasteiger partial charge in [0.1, 0.15) is 11.3 Å². The van der Waals surface area contributed by atoms with Crippen LogP contribution < -0.4 is 10.1 Å². The van der Waals surface area contributed by atoms with Crippen molar-refractivity contribution >= 4 is 17.2 Å². The van der Waals surface area contributed by atoms with Crippen LogP contribution in [0.5, 0.6) is 5.75 Å². The molecule has 8 heteroatoms. The zero-order valence-corrected chi connectivity index (χ0v) is 18.3. The Hall–Kier alpha value is -4.46. The standard InChI is InChI=1S/C25H22N6O2/c1-17-6-8-19(9-7-17)23-10-11-26-24-22(14-28-31(23)24)25(32)29-20-13-27-30(16-20)15-18-4-3-5-21(12-18)33-2/h3-14,16H,15H2,1-2H3,(H,29,32). The van der Waals surface area contributed by atoms with Gasteiger partial charge in [0, 0.05) is 18.0 Å². The molecule has 0 unspecified atom stereocenters. The van der Waals surface area contributed by atoms with Gasteiger partial charge in [0.25, 0.3) is 5.91 Å². The predicted octanol–water partition coefficient (Wildman–Crippen LogP) is 4.21. The number of hydrogen-bond acceptors (Lipinski definition) is 5. The molecule has 5 aromatic rings. The van der Waals surface area contributed by atoms with Gasteiger partial charge < -0.3 is 10.1 Å². The number of aryl methyl sites for hydroxylation is 1. The maximum atomic E-state index is 13.0. The lowest BCUT2D eigenvalue weighted by Gasteiger charge is -2.06. The van der Waals surface area contributed by atoms with Crippen LogP contribution in [0, 0.1) is 6.92 Å². The van der Waals surface area contributed by atoms with Crippen molar-refractivity contribution in [1.82, 2.24) is 24.4 Å². The summed E-state index contributed by atoms with van der Waals surface area (Å²) in [6.07, 6.45) is 6.63. The molecule has 33 heavy (non-hydrogen) atoms. The molecular weight excluding hydrogens is 416 g/mol. The summed E-state index contributed by atoms with van der Waals surface area (Å²) < 4.78 is 8.71. The summed E-state index contributed by atoms with van der Waals surface area (Å²) in [5.74, 6) is 0.498. The fraction of sp³-hybridized carbons (Fsp3) is 0.120. The molecule has 0 saturated carbocycles. The Kier molecular flexibility index (Phi) is 5.32.